The fourth-order valence-corrected chi connectivity index (χ4v) is 5.30. The van der Waals surface area contributed by atoms with Crippen molar-refractivity contribution in [1.29, 1.82) is 0 Å². The van der Waals surface area contributed by atoms with Gasteiger partial charge >= 0.3 is 0 Å². The number of allylic oxidation sites excluding steroid dienone is 1. The molecule has 0 bridgehead atoms. The number of nitrogens with one attached hydrogen (secondary N) is 2. The topological polar surface area (TPSA) is 87.7 Å². The van der Waals surface area contributed by atoms with Crippen molar-refractivity contribution in [2.75, 3.05) is 13.1 Å². The molecule has 3 aliphatic heterocycles. The van der Waals surface area contributed by atoms with Crippen molar-refractivity contribution in [3.63, 3.8) is 0 Å². The highest BCUT2D eigenvalue weighted by Crippen LogP contribution is 2.29. The monoisotopic (exact) mass is 487 g/mol. The molecule has 2 saturated heterocycles. The Labute approximate surface area is 211 Å². The molecule has 188 valence electrons. The molecule has 2 aromatic rings. The number of Topliss-reactive ketones (excluding diaryl/α,β-unsaturated/α-hetero) is 1. The van der Waals surface area contributed by atoms with E-state index in [1.165, 1.54) is 0 Å². The summed E-state index contributed by atoms with van der Waals surface area (Å²) in [5.74, 6) is 0.734. The summed E-state index contributed by atoms with van der Waals surface area (Å²) in [5.41, 5.74) is 4.27. The van der Waals surface area contributed by atoms with Gasteiger partial charge in [-0.3, -0.25) is 14.4 Å². The summed E-state index contributed by atoms with van der Waals surface area (Å²) in [7, 11) is 0. The van der Waals surface area contributed by atoms with Gasteiger partial charge in [0.1, 0.15) is 23.7 Å². The Kier molecular flexibility index (Phi) is 7.18. The van der Waals surface area contributed by atoms with Gasteiger partial charge in [0.25, 0.3) is 5.91 Å². The van der Waals surface area contributed by atoms with Gasteiger partial charge in [0.2, 0.25) is 5.91 Å². The lowest BCUT2D eigenvalue weighted by molar-refractivity contribution is -0.126. The highest BCUT2D eigenvalue weighted by Gasteiger charge is 2.38. The molecular weight excluding hydrogens is 454 g/mol. The minimum absolute atomic E-state index is 0.105. The van der Waals surface area contributed by atoms with Crippen molar-refractivity contribution in [3.05, 3.63) is 77.0 Å². The van der Waals surface area contributed by atoms with Crippen LogP contribution >= 0.6 is 0 Å². The minimum atomic E-state index is -0.463. The Bertz CT molecular complexity index is 1180. The minimum Gasteiger partial charge on any atom is -0.490 e. The number of aryl methyl sites for hydroxylation is 1. The Morgan fingerprint density at radius 2 is 1.89 bits per heavy atom. The molecule has 7 heteroatoms. The van der Waals surface area contributed by atoms with Gasteiger partial charge in [0, 0.05) is 30.6 Å². The molecule has 0 aliphatic carbocycles. The molecule has 0 saturated carbocycles. The normalized spacial score (nSPS) is 20.3. The molecule has 1 atom stereocenters. The number of ether oxygens (including phenoxy) is 1. The number of amides is 2. The van der Waals surface area contributed by atoms with E-state index in [-0.39, 0.29) is 23.7 Å². The van der Waals surface area contributed by atoms with Crippen LogP contribution in [0.3, 0.4) is 0 Å². The number of carbonyl (C=O) groups excluding carboxylic acids is 3. The summed E-state index contributed by atoms with van der Waals surface area (Å²) < 4.78 is 6.11. The highest BCUT2D eigenvalue weighted by atomic mass is 16.5. The van der Waals surface area contributed by atoms with Crippen LogP contribution in [0.2, 0.25) is 0 Å². The van der Waals surface area contributed by atoms with Gasteiger partial charge in [-0.1, -0.05) is 30.8 Å². The summed E-state index contributed by atoms with van der Waals surface area (Å²) in [4.78, 5) is 39.7. The molecule has 2 N–H and O–H groups in total. The summed E-state index contributed by atoms with van der Waals surface area (Å²) in [6.45, 7) is 6.19. The second-order valence-electron chi connectivity index (χ2n) is 10.0. The van der Waals surface area contributed by atoms with E-state index >= 15 is 0 Å². The first-order valence-corrected chi connectivity index (χ1v) is 12.9. The van der Waals surface area contributed by atoms with Gasteiger partial charge in [-0.2, -0.15) is 0 Å². The SMILES string of the molecule is C=C1CCC(N2Cc3cc(CCC(=O)Cc4cccc(OC5CCNCC5)c4)ccc3C2=O)C(=O)N1. The molecule has 0 spiro atoms. The van der Waals surface area contributed by atoms with Crippen LogP contribution in [0.1, 0.15) is 59.2 Å². The van der Waals surface area contributed by atoms with E-state index in [1.54, 1.807) is 4.90 Å². The van der Waals surface area contributed by atoms with Gasteiger partial charge in [0.05, 0.1) is 0 Å². The number of hydrogen-bond acceptors (Lipinski definition) is 5. The maximum atomic E-state index is 12.9. The number of fused-ring (bicyclic) bond motifs is 1. The lowest BCUT2D eigenvalue weighted by Crippen LogP contribution is -2.49. The van der Waals surface area contributed by atoms with Crippen LogP contribution in [0, 0.1) is 0 Å². The lowest BCUT2D eigenvalue weighted by Gasteiger charge is -2.30. The summed E-state index contributed by atoms with van der Waals surface area (Å²) >= 11 is 0. The summed E-state index contributed by atoms with van der Waals surface area (Å²) in [6, 6.07) is 13.2. The summed E-state index contributed by atoms with van der Waals surface area (Å²) in [5, 5.41) is 6.11. The predicted molar refractivity (Wildman–Crippen MR) is 137 cm³/mol. The van der Waals surface area contributed by atoms with Crippen molar-refractivity contribution in [1.82, 2.24) is 15.5 Å². The largest absolute Gasteiger partial charge is 0.490 e. The van der Waals surface area contributed by atoms with Crippen molar-refractivity contribution < 1.29 is 19.1 Å². The zero-order valence-electron chi connectivity index (χ0n) is 20.6. The van der Waals surface area contributed by atoms with Crippen molar-refractivity contribution in [2.24, 2.45) is 0 Å². The Morgan fingerprint density at radius 1 is 1.06 bits per heavy atom. The molecular formula is C29H33N3O4. The fraction of sp³-hybridized carbons (Fsp3) is 0.414. The van der Waals surface area contributed by atoms with Crippen molar-refractivity contribution >= 4 is 17.6 Å². The van der Waals surface area contributed by atoms with Gasteiger partial charge in [0.15, 0.2) is 0 Å². The average molecular weight is 488 g/mol. The molecule has 36 heavy (non-hydrogen) atoms. The third-order valence-corrected chi connectivity index (χ3v) is 7.28. The third-order valence-electron chi connectivity index (χ3n) is 7.28. The first kappa shape index (κ1) is 24.3. The number of hydrogen-bond donors (Lipinski definition) is 2. The van der Waals surface area contributed by atoms with E-state index in [0.717, 1.165) is 48.4 Å². The fourth-order valence-electron chi connectivity index (χ4n) is 5.30. The number of benzene rings is 2. The van der Waals surface area contributed by atoms with Crippen molar-refractivity contribution in [2.45, 2.75) is 63.6 Å². The maximum absolute atomic E-state index is 12.9. The molecule has 3 heterocycles. The number of ketones is 1. The third kappa shape index (κ3) is 5.51. The highest BCUT2D eigenvalue weighted by molar-refractivity contribution is 6.01. The van der Waals surface area contributed by atoms with Crippen molar-refractivity contribution in [3.8, 4) is 5.75 Å². The Morgan fingerprint density at radius 3 is 2.69 bits per heavy atom. The van der Waals surface area contributed by atoms with Crippen LogP contribution in [0.5, 0.6) is 5.75 Å². The number of carbonyl (C=O) groups is 3. The Balaban J connectivity index is 1.15. The molecule has 0 radical (unpaired) electrons. The molecule has 2 amide bonds. The molecule has 7 nitrogen and oxygen atoms in total. The predicted octanol–water partition coefficient (Wildman–Crippen LogP) is 3.31. The average Bonchev–Trinajstić information content (AvgIpc) is 3.19. The van der Waals surface area contributed by atoms with E-state index in [2.05, 4.69) is 17.2 Å². The number of piperidine rings is 2. The van der Waals surface area contributed by atoms with Gasteiger partial charge < -0.3 is 20.3 Å². The first-order valence-electron chi connectivity index (χ1n) is 12.9. The van der Waals surface area contributed by atoms with Gasteiger partial charge in [-0.25, -0.2) is 0 Å². The molecule has 2 aromatic carbocycles. The van der Waals surface area contributed by atoms with E-state index in [9.17, 15) is 14.4 Å². The van der Waals surface area contributed by atoms with E-state index < -0.39 is 6.04 Å². The molecule has 2 fully saturated rings. The number of nitrogens with zero attached hydrogens (tertiary/aromatic N) is 1. The zero-order valence-corrected chi connectivity index (χ0v) is 20.6. The van der Waals surface area contributed by atoms with Crippen LogP contribution < -0.4 is 15.4 Å². The van der Waals surface area contributed by atoms with E-state index in [0.29, 0.717) is 49.9 Å². The Hall–Kier alpha value is -3.45. The van der Waals surface area contributed by atoms with Gasteiger partial charge in [-0.05, 0) is 80.1 Å². The maximum Gasteiger partial charge on any atom is 0.255 e. The smallest absolute Gasteiger partial charge is 0.255 e. The lowest BCUT2D eigenvalue weighted by atomic mass is 9.99. The molecule has 5 rings (SSSR count). The quantitative estimate of drug-likeness (QED) is 0.597. The zero-order chi connectivity index (χ0) is 25.1. The first-order chi connectivity index (χ1) is 17.5. The van der Waals surface area contributed by atoms with Crippen LogP contribution in [0.15, 0.2) is 54.7 Å². The second kappa shape index (κ2) is 10.7. The second-order valence-corrected chi connectivity index (χ2v) is 10.0. The van der Waals surface area contributed by atoms with Crippen LogP contribution in [-0.4, -0.2) is 47.7 Å². The molecule has 1 unspecified atom stereocenters. The molecule has 3 aliphatic rings. The van der Waals surface area contributed by atoms with E-state index in [4.69, 9.17) is 4.74 Å². The number of rotatable bonds is 8. The van der Waals surface area contributed by atoms with Gasteiger partial charge in [-0.15, -0.1) is 0 Å². The van der Waals surface area contributed by atoms with Crippen LogP contribution in [0.4, 0.5) is 0 Å². The van der Waals surface area contributed by atoms with Crippen LogP contribution in [-0.2, 0) is 29.0 Å². The summed E-state index contributed by atoms with van der Waals surface area (Å²) in [6.07, 6.45) is 4.92. The molecule has 0 aromatic heterocycles. The van der Waals surface area contributed by atoms with Crippen LogP contribution in [0.25, 0.3) is 0 Å². The van der Waals surface area contributed by atoms with E-state index in [1.807, 2.05) is 42.5 Å². The standard InChI is InChI=1S/C29H33N3O4/c1-19-5-10-27(28(34)31-19)32-18-22-15-20(7-9-26(22)29(32)35)6-8-23(33)16-21-3-2-4-25(17-21)36-24-11-13-30-14-12-24/h2-4,7,9,15,17,24,27,30H,1,5-6,8,10-14,16,18H2,(H,31,34).